The molecule has 8 rings (SSSR count). The first kappa shape index (κ1) is 52.4. The zero-order valence-electron chi connectivity index (χ0n) is 40.6. The van der Waals surface area contributed by atoms with Crippen molar-refractivity contribution in [2.75, 3.05) is 72.8 Å². The molecule has 0 saturated carbocycles. The maximum absolute atomic E-state index is 14.7. The quantitative estimate of drug-likeness (QED) is 0.0938. The Morgan fingerprint density at radius 1 is 0.548 bits per heavy atom. The topological polar surface area (TPSA) is 160 Å². The van der Waals surface area contributed by atoms with Gasteiger partial charge in [-0.2, -0.15) is 0 Å². The number of alkyl halides is 6. The van der Waals surface area contributed by atoms with E-state index in [0.29, 0.717) is 57.2 Å². The molecule has 388 valence electrons. The number of piperazine rings is 2. The number of halogens is 7. The van der Waals surface area contributed by atoms with E-state index < -0.39 is 53.3 Å². The second-order valence-corrected chi connectivity index (χ2v) is 18.5. The number of carbonyl (C=O) groups excluding carboxylic acids is 2. The Morgan fingerprint density at radius 3 is 1.38 bits per heavy atom. The molecule has 0 bridgehead atoms. The van der Waals surface area contributed by atoms with Crippen molar-refractivity contribution in [1.82, 2.24) is 29.7 Å². The number of carbonyl (C=O) groups is 2. The highest BCUT2D eigenvalue weighted by Crippen LogP contribution is 2.35. The first-order valence-electron chi connectivity index (χ1n) is 23.5. The van der Waals surface area contributed by atoms with Crippen LogP contribution in [0.4, 0.5) is 49.6 Å². The van der Waals surface area contributed by atoms with Crippen molar-refractivity contribution in [1.29, 1.82) is 0 Å². The van der Waals surface area contributed by atoms with Gasteiger partial charge in [0.15, 0.2) is 0 Å². The predicted octanol–water partition coefficient (Wildman–Crippen LogP) is 9.17. The van der Waals surface area contributed by atoms with Gasteiger partial charge >= 0.3 is 12.7 Å². The number of aromatic nitrogens is 4. The van der Waals surface area contributed by atoms with Crippen LogP contribution in [0.5, 0.6) is 23.0 Å². The Kier molecular flexibility index (Phi) is 15.6. The molecule has 2 aliphatic heterocycles. The average Bonchev–Trinajstić information content (AvgIpc) is 3.33. The molecule has 4 aromatic carbocycles. The van der Waals surface area contributed by atoms with Gasteiger partial charge in [0.05, 0.1) is 27.4 Å². The second-order valence-electron chi connectivity index (χ2n) is 18.1. The van der Waals surface area contributed by atoms with Gasteiger partial charge in [-0.05, 0) is 114 Å². The number of ether oxygens (including phenoxy) is 4. The minimum absolute atomic E-state index is 0.204. The Hall–Kier alpha value is -6.91. The second kappa shape index (κ2) is 21.7. The van der Waals surface area contributed by atoms with Gasteiger partial charge in [-0.1, -0.05) is 11.6 Å². The van der Waals surface area contributed by atoms with E-state index in [1.807, 2.05) is 0 Å². The summed E-state index contributed by atoms with van der Waals surface area (Å²) in [6, 6.07) is 17.3. The molecule has 2 amide bonds. The lowest BCUT2D eigenvalue weighted by Crippen LogP contribution is -2.51. The van der Waals surface area contributed by atoms with Gasteiger partial charge in [0, 0.05) is 92.7 Å². The molecular formula is C50H53ClF6N10O6. The number of aryl methyl sites for hydroxylation is 2. The summed E-state index contributed by atoms with van der Waals surface area (Å²) < 4.78 is 99.2. The molecule has 23 heteroatoms. The lowest BCUT2D eigenvalue weighted by atomic mass is 10.1. The van der Waals surface area contributed by atoms with E-state index >= 15 is 0 Å². The van der Waals surface area contributed by atoms with Gasteiger partial charge in [0.1, 0.15) is 23.0 Å². The van der Waals surface area contributed by atoms with Crippen molar-refractivity contribution >= 4 is 68.5 Å². The van der Waals surface area contributed by atoms with Gasteiger partial charge < -0.3 is 39.4 Å². The number of nitrogens with zero attached hydrogens (tertiary/aromatic N) is 8. The Bertz CT molecular complexity index is 2950. The lowest BCUT2D eigenvalue weighted by Gasteiger charge is -2.37. The SMILES string of the molecule is Cc1nc(N2CCN(C(C)C)CC2)nc2ccc(NC(=O)C(Oc3ccc(OC(F)(F)F)cc3)C(Oc3ccc(OC(F)(F)F)cc3Cl)C(=O)Nc3ccc4nc(N5CCN(C(C)C)CC5)nc(C)c4c3)cc12. The van der Waals surface area contributed by atoms with E-state index in [1.54, 1.807) is 50.2 Å². The van der Waals surface area contributed by atoms with E-state index in [2.05, 4.69) is 67.4 Å². The van der Waals surface area contributed by atoms with Crippen molar-refractivity contribution in [3.8, 4) is 23.0 Å². The number of hydrogen-bond acceptors (Lipinski definition) is 14. The summed E-state index contributed by atoms with van der Waals surface area (Å²) >= 11 is 6.45. The molecule has 2 aliphatic rings. The molecule has 73 heavy (non-hydrogen) atoms. The maximum atomic E-state index is 14.7. The Balaban J connectivity index is 1.12. The summed E-state index contributed by atoms with van der Waals surface area (Å²) in [7, 11) is 0. The number of nitrogens with one attached hydrogen (secondary N) is 2. The fourth-order valence-electron chi connectivity index (χ4n) is 8.56. The van der Waals surface area contributed by atoms with E-state index in [9.17, 15) is 35.9 Å². The van der Waals surface area contributed by atoms with Crippen LogP contribution in [0.25, 0.3) is 21.8 Å². The number of hydrogen-bond donors (Lipinski definition) is 2. The van der Waals surface area contributed by atoms with Crippen LogP contribution in [0.2, 0.25) is 5.02 Å². The molecule has 2 saturated heterocycles. The van der Waals surface area contributed by atoms with Gasteiger partial charge in [-0.15, -0.1) is 26.3 Å². The third kappa shape index (κ3) is 13.2. The molecule has 2 fully saturated rings. The third-order valence-electron chi connectivity index (χ3n) is 12.4. The minimum atomic E-state index is -5.07. The lowest BCUT2D eigenvalue weighted by molar-refractivity contribution is -0.275. The zero-order chi connectivity index (χ0) is 52.4. The van der Waals surface area contributed by atoms with Crippen LogP contribution in [0, 0.1) is 13.8 Å². The normalized spacial score (nSPS) is 15.9. The van der Waals surface area contributed by atoms with Crippen LogP contribution in [0.15, 0.2) is 78.9 Å². The molecule has 2 aromatic heterocycles. The van der Waals surface area contributed by atoms with Crippen molar-refractivity contribution in [3.05, 3.63) is 95.3 Å². The van der Waals surface area contributed by atoms with Crippen LogP contribution in [0.3, 0.4) is 0 Å². The highest BCUT2D eigenvalue weighted by atomic mass is 35.5. The molecule has 4 heterocycles. The number of rotatable bonds is 15. The van der Waals surface area contributed by atoms with Gasteiger partial charge in [-0.25, -0.2) is 19.9 Å². The molecule has 0 spiro atoms. The third-order valence-corrected chi connectivity index (χ3v) is 12.7. The summed E-state index contributed by atoms with van der Waals surface area (Å²) in [5, 5.41) is 6.24. The number of anilines is 4. The number of fused-ring (bicyclic) bond motifs is 2. The monoisotopic (exact) mass is 1040 g/mol. The predicted molar refractivity (Wildman–Crippen MR) is 264 cm³/mol. The fraction of sp³-hybridized carbons (Fsp3) is 0.400. The fourth-order valence-corrected chi connectivity index (χ4v) is 8.77. The average molecular weight is 1040 g/mol. The summed E-state index contributed by atoms with van der Waals surface area (Å²) in [6.07, 6.45) is -14.1. The van der Waals surface area contributed by atoms with Crippen LogP contribution < -0.4 is 39.4 Å². The summed E-state index contributed by atoms with van der Waals surface area (Å²) in [5.41, 5.74) is 2.81. The summed E-state index contributed by atoms with van der Waals surface area (Å²) in [5.74, 6) is -2.77. The highest BCUT2D eigenvalue weighted by molar-refractivity contribution is 6.32. The summed E-state index contributed by atoms with van der Waals surface area (Å²) in [4.78, 5) is 57.6. The van der Waals surface area contributed by atoms with Crippen molar-refractivity contribution in [2.45, 2.75) is 78.6 Å². The van der Waals surface area contributed by atoms with Gasteiger partial charge in [0.25, 0.3) is 11.8 Å². The van der Waals surface area contributed by atoms with E-state index in [1.165, 1.54) is 0 Å². The van der Waals surface area contributed by atoms with Crippen LogP contribution in [-0.4, -0.2) is 131 Å². The standard InChI is InChI=1S/C50H53ClF6N10O6/c1-28(2)64-17-21-66(22-18-64)47-58-30(5)37-25-32(7-14-40(37)62-47)60-45(68)43(70-34-9-11-35(12-10-34)72-49(52,53)54)44(71-42-16-13-36(27-39(42)51)73-50(55,56)57)46(69)61-33-8-15-41-38(26-33)31(6)59-48(63-41)67-23-19-65(20-24-67)29(3)4/h7-16,25-29,43-44H,17-24H2,1-6H3,(H,60,68)(H,61,69). The van der Waals surface area contributed by atoms with Crippen LogP contribution >= 0.6 is 11.6 Å². The molecule has 2 unspecified atom stereocenters. The molecule has 6 aromatic rings. The van der Waals surface area contributed by atoms with Crippen LogP contribution in [0.1, 0.15) is 39.1 Å². The molecule has 2 N–H and O–H groups in total. The molecule has 0 radical (unpaired) electrons. The van der Waals surface area contributed by atoms with Gasteiger partial charge in [0.2, 0.25) is 24.1 Å². The maximum Gasteiger partial charge on any atom is 0.573 e. The molecular weight excluding hydrogens is 986 g/mol. The first-order valence-corrected chi connectivity index (χ1v) is 23.8. The van der Waals surface area contributed by atoms with E-state index in [4.69, 9.17) is 41.0 Å². The van der Waals surface area contributed by atoms with E-state index in [-0.39, 0.29) is 22.9 Å². The Labute approximate surface area is 421 Å². The van der Waals surface area contributed by atoms with Crippen molar-refractivity contribution < 1.29 is 54.9 Å². The summed E-state index contributed by atoms with van der Waals surface area (Å²) in [6.45, 7) is 18.5. The first-order chi connectivity index (χ1) is 34.5. The molecule has 16 nitrogen and oxygen atoms in total. The Morgan fingerprint density at radius 2 is 0.959 bits per heavy atom. The molecule has 2 atom stereocenters. The zero-order valence-corrected chi connectivity index (χ0v) is 41.4. The minimum Gasteiger partial charge on any atom is -0.476 e. The number of amides is 2. The van der Waals surface area contributed by atoms with Crippen LogP contribution in [-0.2, 0) is 9.59 Å². The molecule has 0 aliphatic carbocycles. The highest BCUT2D eigenvalue weighted by Gasteiger charge is 2.40. The number of benzene rings is 4. The largest absolute Gasteiger partial charge is 0.573 e. The van der Waals surface area contributed by atoms with Crippen molar-refractivity contribution in [3.63, 3.8) is 0 Å². The smallest absolute Gasteiger partial charge is 0.476 e. The van der Waals surface area contributed by atoms with Gasteiger partial charge in [-0.3, -0.25) is 19.4 Å². The van der Waals surface area contributed by atoms with Crippen molar-refractivity contribution in [2.24, 2.45) is 0 Å². The van der Waals surface area contributed by atoms with E-state index in [0.717, 1.165) is 94.8 Å².